The lowest BCUT2D eigenvalue weighted by Gasteiger charge is -2.39. The number of fused-ring (bicyclic) bond motifs is 2. The molecule has 0 heterocycles. The zero-order valence-electron chi connectivity index (χ0n) is 25.3. The third kappa shape index (κ3) is 4.83. The van der Waals surface area contributed by atoms with Crippen molar-refractivity contribution < 1.29 is 19.1 Å². The van der Waals surface area contributed by atoms with Crippen LogP contribution in [0, 0.1) is 29.1 Å². The summed E-state index contributed by atoms with van der Waals surface area (Å²) in [5.74, 6) is -0.900. The van der Waals surface area contributed by atoms with Crippen LogP contribution in [0.3, 0.4) is 0 Å². The van der Waals surface area contributed by atoms with E-state index in [9.17, 15) is 9.59 Å². The highest BCUT2D eigenvalue weighted by atomic mass is 16.6. The molecule has 4 nitrogen and oxygen atoms in total. The maximum absolute atomic E-state index is 14.1. The second-order valence-corrected chi connectivity index (χ2v) is 12.3. The van der Waals surface area contributed by atoms with Gasteiger partial charge in [-0.05, 0) is 56.1 Å². The Morgan fingerprint density at radius 3 is 1.38 bits per heavy atom. The van der Waals surface area contributed by atoms with Gasteiger partial charge >= 0.3 is 11.9 Å². The third-order valence-electron chi connectivity index (χ3n) is 10.1. The summed E-state index contributed by atoms with van der Waals surface area (Å²) in [5, 5.41) is 0. The number of allylic oxidation sites excluding steroid dienone is 6. The number of hydrogen-bond acceptors (Lipinski definition) is 4. The summed E-state index contributed by atoms with van der Waals surface area (Å²) in [6, 6.07) is 0. The minimum absolute atomic E-state index is 0.102. The maximum Gasteiger partial charge on any atom is 0.336 e. The molecule has 0 aliphatic heterocycles. The van der Waals surface area contributed by atoms with E-state index in [4.69, 9.17) is 9.47 Å². The third-order valence-corrected chi connectivity index (χ3v) is 10.1. The number of ether oxygens (including phenoxy) is 2. The van der Waals surface area contributed by atoms with E-state index >= 15 is 0 Å². The van der Waals surface area contributed by atoms with E-state index in [2.05, 4.69) is 104 Å². The SMILES string of the molecule is CCC1=CC(CC)C(CC)(OC(=O)C2=C(C(=O)OC3(CC)C=CC(CC)=CC3CC)C3C=CC2C3(C)C)C=C1. The lowest BCUT2D eigenvalue weighted by Crippen LogP contribution is -2.43. The summed E-state index contributed by atoms with van der Waals surface area (Å²) in [4.78, 5) is 28.3. The first-order valence-electron chi connectivity index (χ1n) is 15.2. The van der Waals surface area contributed by atoms with Crippen molar-refractivity contribution in [3.8, 4) is 0 Å². The Bertz CT molecular complexity index is 1090. The van der Waals surface area contributed by atoms with Crippen LogP contribution in [0.4, 0.5) is 0 Å². The predicted molar refractivity (Wildman–Crippen MR) is 158 cm³/mol. The molecule has 0 N–H and O–H groups in total. The van der Waals surface area contributed by atoms with E-state index in [0.717, 1.165) is 25.7 Å². The minimum atomic E-state index is -0.715. The molecule has 0 amide bonds. The van der Waals surface area contributed by atoms with Crippen LogP contribution in [-0.2, 0) is 19.1 Å². The van der Waals surface area contributed by atoms with Gasteiger partial charge in [-0.2, -0.15) is 0 Å². The van der Waals surface area contributed by atoms with Crippen LogP contribution in [0.2, 0.25) is 0 Å². The van der Waals surface area contributed by atoms with Gasteiger partial charge in [-0.15, -0.1) is 0 Å². The normalized spacial score (nSPS) is 34.3. The molecule has 0 saturated carbocycles. The Kier molecular flexibility index (Phi) is 8.36. The summed E-state index contributed by atoms with van der Waals surface area (Å²) in [7, 11) is 0. The molecule has 4 aliphatic carbocycles. The molecule has 0 aromatic carbocycles. The largest absolute Gasteiger partial charge is 0.451 e. The van der Waals surface area contributed by atoms with Crippen LogP contribution in [-0.4, -0.2) is 23.1 Å². The van der Waals surface area contributed by atoms with Crippen molar-refractivity contribution in [2.45, 2.75) is 105 Å². The second kappa shape index (κ2) is 11.1. The smallest absolute Gasteiger partial charge is 0.336 e. The molecule has 0 saturated heterocycles. The first-order chi connectivity index (χ1) is 18.6. The number of esters is 2. The van der Waals surface area contributed by atoms with Crippen LogP contribution in [0.25, 0.3) is 0 Å². The average molecular weight is 533 g/mol. The fourth-order valence-corrected chi connectivity index (χ4v) is 7.29. The molecule has 2 bridgehead atoms. The minimum Gasteiger partial charge on any atom is -0.451 e. The molecule has 6 atom stereocenters. The van der Waals surface area contributed by atoms with Crippen LogP contribution in [0.15, 0.2) is 70.9 Å². The number of hydrogen-bond donors (Lipinski definition) is 0. The summed E-state index contributed by atoms with van der Waals surface area (Å²) < 4.78 is 12.9. The number of carbonyl (C=O) groups is 2. The van der Waals surface area contributed by atoms with Crippen molar-refractivity contribution in [3.63, 3.8) is 0 Å². The van der Waals surface area contributed by atoms with Crippen molar-refractivity contribution in [2.24, 2.45) is 29.1 Å². The Labute approximate surface area is 236 Å². The zero-order chi connectivity index (χ0) is 28.6. The van der Waals surface area contributed by atoms with Gasteiger partial charge in [0.1, 0.15) is 11.2 Å². The van der Waals surface area contributed by atoms with Gasteiger partial charge in [0.05, 0.1) is 11.1 Å². The molecule has 212 valence electrons. The molecule has 0 fully saturated rings. The molecule has 0 radical (unpaired) electrons. The van der Waals surface area contributed by atoms with Gasteiger partial charge < -0.3 is 9.47 Å². The van der Waals surface area contributed by atoms with Gasteiger partial charge in [-0.1, -0.05) is 103 Å². The molecular weight excluding hydrogens is 484 g/mol. The molecule has 0 aromatic rings. The van der Waals surface area contributed by atoms with E-state index in [1.54, 1.807) is 0 Å². The first-order valence-corrected chi connectivity index (χ1v) is 15.2. The van der Waals surface area contributed by atoms with Crippen molar-refractivity contribution in [1.82, 2.24) is 0 Å². The second-order valence-electron chi connectivity index (χ2n) is 12.3. The van der Waals surface area contributed by atoms with Crippen molar-refractivity contribution >= 4 is 11.9 Å². The average Bonchev–Trinajstić information content (AvgIpc) is 3.37. The summed E-state index contributed by atoms with van der Waals surface area (Å²) >= 11 is 0. The van der Waals surface area contributed by atoms with Gasteiger partial charge in [0.2, 0.25) is 0 Å². The monoisotopic (exact) mass is 532 g/mol. The van der Waals surface area contributed by atoms with Crippen LogP contribution < -0.4 is 0 Å². The van der Waals surface area contributed by atoms with E-state index < -0.39 is 11.2 Å². The van der Waals surface area contributed by atoms with Gasteiger partial charge in [0.15, 0.2) is 0 Å². The quantitative estimate of drug-likeness (QED) is 0.209. The molecule has 4 aliphatic rings. The van der Waals surface area contributed by atoms with Gasteiger partial charge in [-0.3, -0.25) is 0 Å². The molecule has 0 spiro atoms. The molecule has 6 unspecified atom stereocenters. The highest BCUT2D eigenvalue weighted by Crippen LogP contribution is 2.58. The van der Waals surface area contributed by atoms with Gasteiger partial charge in [-0.25, -0.2) is 9.59 Å². The van der Waals surface area contributed by atoms with Crippen molar-refractivity contribution in [2.75, 3.05) is 0 Å². The van der Waals surface area contributed by atoms with Gasteiger partial charge in [0, 0.05) is 23.7 Å². The fourth-order valence-electron chi connectivity index (χ4n) is 7.29. The van der Waals surface area contributed by atoms with Gasteiger partial charge in [0.25, 0.3) is 0 Å². The van der Waals surface area contributed by atoms with E-state index in [1.165, 1.54) is 11.1 Å². The molecule has 4 rings (SSSR count). The molecule has 4 heteroatoms. The predicted octanol–water partition coefficient (Wildman–Crippen LogP) is 8.37. The van der Waals surface area contributed by atoms with Crippen LogP contribution in [0.1, 0.15) is 93.9 Å². The topological polar surface area (TPSA) is 52.6 Å². The lowest BCUT2D eigenvalue weighted by molar-refractivity contribution is -0.158. The van der Waals surface area contributed by atoms with E-state index in [1.807, 2.05) is 0 Å². The summed E-state index contributed by atoms with van der Waals surface area (Å²) in [6.07, 6.45) is 22.0. The highest BCUT2D eigenvalue weighted by Gasteiger charge is 2.56. The Hall–Kier alpha value is -2.62. The number of rotatable bonds is 10. The van der Waals surface area contributed by atoms with Crippen LogP contribution >= 0.6 is 0 Å². The van der Waals surface area contributed by atoms with Crippen LogP contribution in [0.5, 0.6) is 0 Å². The highest BCUT2D eigenvalue weighted by molar-refractivity contribution is 6.04. The summed E-state index contributed by atoms with van der Waals surface area (Å²) in [5.41, 5.74) is 1.80. The molecule has 39 heavy (non-hydrogen) atoms. The molecule has 0 aromatic heterocycles. The number of carbonyl (C=O) groups excluding carboxylic acids is 2. The lowest BCUT2D eigenvalue weighted by atomic mass is 9.76. The molecular formula is C35H48O4. The zero-order valence-corrected chi connectivity index (χ0v) is 25.3. The van der Waals surface area contributed by atoms with Crippen molar-refractivity contribution in [1.29, 1.82) is 0 Å². The van der Waals surface area contributed by atoms with E-state index in [0.29, 0.717) is 24.0 Å². The summed E-state index contributed by atoms with van der Waals surface area (Å²) in [6.45, 7) is 17.0. The Morgan fingerprint density at radius 2 is 1.08 bits per heavy atom. The first kappa shape index (κ1) is 29.4. The van der Waals surface area contributed by atoms with Crippen molar-refractivity contribution in [3.05, 3.63) is 70.9 Å². The Balaban J connectivity index is 1.70. The van der Waals surface area contributed by atoms with E-state index in [-0.39, 0.29) is 41.0 Å². The Morgan fingerprint density at radius 1 is 0.692 bits per heavy atom. The fraction of sp³-hybridized carbons (Fsp3) is 0.600. The standard InChI is InChI=1S/C35H48O4/c1-9-23-17-19-34(13-5,25(11-3)21-23)38-31(36)29-27-15-16-28(33(27,7)8)30(29)32(37)39-35(14-6)20-18-24(10-2)22-26(35)12-4/h15-22,25-28H,9-14H2,1-8H3. The maximum atomic E-state index is 14.1.